The van der Waals surface area contributed by atoms with Crippen LogP contribution in [0, 0.1) is 5.92 Å². The molecule has 0 saturated heterocycles. The zero-order valence-corrected chi connectivity index (χ0v) is 13.7. The van der Waals surface area contributed by atoms with E-state index in [9.17, 15) is 23.1 Å². The topological polar surface area (TPSA) is 88.5 Å². The highest BCUT2D eigenvalue weighted by molar-refractivity contribution is 7.90. The van der Waals surface area contributed by atoms with Crippen molar-refractivity contribution in [2.24, 2.45) is 5.92 Å². The Labute approximate surface area is 134 Å². The van der Waals surface area contributed by atoms with Crippen molar-refractivity contribution in [2.75, 3.05) is 6.26 Å². The number of halogens is 1. The third kappa shape index (κ3) is 3.67. The van der Waals surface area contributed by atoms with E-state index in [4.69, 9.17) is 11.6 Å². The van der Waals surface area contributed by atoms with Gasteiger partial charge in [-0.1, -0.05) is 17.7 Å². The van der Waals surface area contributed by atoms with Crippen LogP contribution >= 0.6 is 11.6 Å². The molecule has 0 unspecified atom stereocenters. The monoisotopic (exact) mass is 344 g/mol. The van der Waals surface area contributed by atoms with Crippen molar-refractivity contribution >= 4 is 33.2 Å². The second-order valence-electron chi connectivity index (χ2n) is 5.64. The Balaban J connectivity index is 2.31. The molecule has 5 nitrogen and oxygen atoms in total. The van der Waals surface area contributed by atoms with Crippen LogP contribution in [0.1, 0.15) is 37.2 Å². The quantitative estimate of drug-likeness (QED) is 0.887. The number of hydrogen-bond donors (Lipinski definition) is 1. The lowest BCUT2D eigenvalue weighted by Crippen LogP contribution is -2.18. The molecule has 1 saturated carbocycles. The minimum atomic E-state index is -3.46. The summed E-state index contributed by atoms with van der Waals surface area (Å²) in [4.78, 5) is 23.2. The second kappa shape index (κ2) is 6.38. The Kier molecular flexibility index (Phi) is 4.92. The fourth-order valence-electron chi connectivity index (χ4n) is 2.84. The van der Waals surface area contributed by atoms with Gasteiger partial charge in [0.2, 0.25) is 0 Å². The molecule has 1 aromatic rings. The maximum atomic E-state index is 11.7. The Morgan fingerprint density at radius 1 is 1.45 bits per heavy atom. The van der Waals surface area contributed by atoms with Crippen molar-refractivity contribution in [1.29, 1.82) is 0 Å². The molecule has 1 N–H and O–H groups in total. The van der Waals surface area contributed by atoms with Crippen LogP contribution < -0.4 is 0 Å². The van der Waals surface area contributed by atoms with Crippen molar-refractivity contribution in [3.63, 3.8) is 0 Å². The summed E-state index contributed by atoms with van der Waals surface area (Å²) >= 11 is 5.97. The lowest BCUT2D eigenvalue weighted by Gasteiger charge is -2.17. The first kappa shape index (κ1) is 17.0. The minimum absolute atomic E-state index is 0.00370. The first-order valence-electron chi connectivity index (χ1n) is 6.95. The summed E-state index contributed by atoms with van der Waals surface area (Å²) in [5.41, 5.74) is 0.421. The van der Waals surface area contributed by atoms with Crippen LogP contribution in [-0.2, 0) is 19.4 Å². The predicted molar refractivity (Wildman–Crippen MR) is 81.9 cm³/mol. The van der Waals surface area contributed by atoms with Crippen molar-refractivity contribution in [2.45, 2.75) is 36.5 Å². The van der Waals surface area contributed by atoms with Gasteiger partial charge < -0.3 is 5.11 Å². The van der Waals surface area contributed by atoms with E-state index in [1.807, 2.05) is 0 Å². The van der Waals surface area contributed by atoms with Gasteiger partial charge in [-0.25, -0.2) is 8.42 Å². The Morgan fingerprint density at radius 2 is 2.14 bits per heavy atom. The maximum absolute atomic E-state index is 11.7. The van der Waals surface area contributed by atoms with Crippen LogP contribution in [0.4, 0.5) is 0 Å². The van der Waals surface area contributed by atoms with E-state index >= 15 is 0 Å². The second-order valence-corrected chi connectivity index (χ2v) is 8.04. The zero-order valence-electron chi connectivity index (χ0n) is 12.1. The highest BCUT2D eigenvalue weighted by Crippen LogP contribution is 2.34. The van der Waals surface area contributed by atoms with Crippen molar-refractivity contribution in [3.8, 4) is 0 Å². The summed E-state index contributed by atoms with van der Waals surface area (Å²) < 4.78 is 23.1. The van der Waals surface area contributed by atoms with Gasteiger partial charge in [-0.2, -0.15) is 0 Å². The van der Waals surface area contributed by atoms with Crippen molar-refractivity contribution in [3.05, 3.63) is 28.8 Å². The van der Waals surface area contributed by atoms with E-state index in [2.05, 4.69) is 0 Å². The number of carboxylic acids is 1. The zero-order chi connectivity index (χ0) is 16.5. The van der Waals surface area contributed by atoms with E-state index in [1.165, 1.54) is 18.2 Å². The molecule has 0 aliphatic heterocycles. The van der Waals surface area contributed by atoms with Gasteiger partial charge in [0, 0.05) is 18.6 Å². The van der Waals surface area contributed by atoms with Crippen molar-refractivity contribution < 1.29 is 23.1 Å². The molecule has 0 radical (unpaired) electrons. The predicted octanol–water partition coefficient (Wildman–Crippen LogP) is 2.67. The Hall–Kier alpha value is -1.40. The number of Topliss-reactive ketones (excluding diaryl/α,β-unsaturated/α-hetero) is 1. The highest BCUT2D eigenvalue weighted by Gasteiger charge is 2.31. The molecule has 0 spiro atoms. The standard InChI is InChI=1S/C15H17ClO5S/c1-22(20,21)14-6-5-9(8-12(14)16)11(15(18)19)7-10-3-2-4-13(10)17/h5-6,8,10-11H,2-4,7H2,1H3,(H,18,19)/t10-,11-/m0/s1. The van der Waals surface area contributed by atoms with Gasteiger partial charge in [-0.3, -0.25) is 9.59 Å². The van der Waals surface area contributed by atoms with Gasteiger partial charge in [0.1, 0.15) is 5.78 Å². The number of benzene rings is 1. The number of hydrogen-bond acceptors (Lipinski definition) is 4. The van der Waals surface area contributed by atoms with Gasteiger partial charge in [0.15, 0.2) is 9.84 Å². The fourth-order valence-corrected chi connectivity index (χ4v) is 4.17. The average Bonchev–Trinajstić information content (AvgIpc) is 2.79. The van der Waals surface area contributed by atoms with E-state index in [1.54, 1.807) is 0 Å². The Bertz CT molecular complexity index is 711. The molecule has 120 valence electrons. The van der Waals surface area contributed by atoms with E-state index in [-0.39, 0.29) is 28.0 Å². The number of carboxylic acid groups (broad SMARTS) is 1. The first-order chi connectivity index (χ1) is 10.2. The number of ketones is 1. The number of carbonyl (C=O) groups excluding carboxylic acids is 1. The molecule has 0 bridgehead atoms. The molecule has 1 fully saturated rings. The van der Waals surface area contributed by atoms with E-state index in [0.29, 0.717) is 18.4 Å². The lowest BCUT2D eigenvalue weighted by molar-refractivity contribution is -0.139. The van der Waals surface area contributed by atoms with Crippen LogP contribution in [0.3, 0.4) is 0 Å². The normalized spacial score (nSPS) is 20.1. The summed E-state index contributed by atoms with van der Waals surface area (Å²) in [7, 11) is -3.46. The van der Waals surface area contributed by atoms with E-state index in [0.717, 1.165) is 12.7 Å². The number of rotatable bonds is 5. The molecule has 0 heterocycles. The van der Waals surface area contributed by atoms with Gasteiger partial charge >= 0.3 is 5.97 Å². The molecule has 7 heteroatoms. The maximum Gasteiger partial charge on any atom is 0.310 e. The summed E-state index contributed by atoms with van der Waals surface area (Å²) in [5.74, 6) is -2.04. The molecule has 2 atom stereocenters. The van der Waals surface area contributed by atoms with Crippen LogP contribution in [-0.4, -0.2) is 31.5 Å². The Morgan fingerprint density at radius 3 is 2.59 bits per heavy atom. The molecule has 1 aliphatic carbocycles. The molecule has 0 aromatic heterocycles. The van der Waals surface area contributed by atoms with Gasteiger partial charge in [-0.05, 0) is 37.0 Å². The first-order valence-corrected chi connectivity index (χ1v) is 9.22. The van der Waals surface area contributed by atoms with Crippen LogP contribution in [0.5, 0.6) is 0 Å². The molecular formula is C15H17ClO5S. The average molecular weight is 345 g/mol. The third-order valence-corrected chi connectivity index (χ3v) is 5.59. The lowest BCUT2D eigenvalue weighted by atomic mass is 9.87. The third-order valence-electron chi connectivity index (χ3n) is 4.01. The number of aliphatic carboxylic acids is 1. The van der Waals surface area contributed by atoms with Crippen LogP contribution in [0.25, 0.3) is 0 Å². The molecule has 1 aromatic carbocycles. The number of carbonyl (C=O) groups is 2. The van der Waals surface area contributed by atoms with Gasteiger partial charge in [-0.15, -0.1) is 0 Å². The summed E-state index contributed by atoms with van der Waals surface area (Å²) in [6, 6.07) is 4.15. The van der Waals surface area contributed by atoms with Gasteiger partial charge in [0.05, 0.1) is 15.8 Å². The van der Waals surface area contributed by atoms with Gasteiger partial charge in [0.25, 0.3) is 0 Å². The van der Waals surface area contributed by atoms with Crippen LogP contribution in [0.15, 0.2) is 23.1 Å². The molecule has 0 amide bonds. The smallest absolute Gasteiger partial charge is 0.310 e. The number of sulfone groups is 1. The minimum Gasteiger partial charge on any atom is -0.481 e. The van der Waals surface area contributed by atoms with E-state index < -0.39 is 21.7 Å². The fraction of sp³-hybridized carbons (Fsp3) is 0.467. The van der Waals surface area contributed by atoms with Crippen molar-refractivity contribution in [1.82, 2.24) is 0 Å². The summed E-state index contributed by atoms with van der Waals surface area (Å²) in [5, 5.41) is 9.42. The molecule has 22 heavy (non-hydrogen) atoms. The summed E-state index contributed by atoms with van der Waals surface area (Å²) in [6.07, 6.45) is 3.27. The summed E-state index contributed by atoms with van der Waals surface area (Å²) in [6.45, 7) is 0. The molecule has 2 rings (SSSR count). The largest absolute Gasteiger partial charge is 0.481 e. The molecular weight excluding hydrogens is 328 g/mol. The molecule has 1 aliphatic rings. The van der Waals surface area contributed by atoms with Crippen LogP contribution in [0.2, 0.25) is 5.02 Å². The highest BCUT2D eigenvalue weighted by atomic mass is 35.5. The SMILES string of the molecule is CS(=O)(=O)c1ccc([C@H](C[C@@H]2CCCC2=O)C(=O)O)cc1Cl.